The molecule has 1 aliphatic rings. The van der Waals surface area contributed by atoms with Crippen LogP contribution in [0.3, 0.4) is 0 Å². The lowest BCUT2D eigenvalue weighted by molar-refractivity contribution is 0.0606. The van der Waals surface area contributed by atoms with Crippen LogP contribution in [0.4, 0.5) is 0 Å². The summed E-state index contributed by atoms with van der Waals surface area (Å²) in [6.45, 7) is 0.773. The minimum atomic E-state index is 0.00505. The average molecular weight is 290 g/mol. The third-order valence-corrected chi connectivity index (χ3v) is 3.93. The van der Waals surface area contributed by atoms with Crippen LogP contribution in [0.2, 0.25) is 5.02 Å². The Labute approximate surface area is 122 Å². The van der Waals surface area contributed by atoms with Gasteiger partial charge in [0.25, 0.3) is 5.91 Å². The Morgan fingerprint density at radius 3 is 3.05 bits per heavy atom. The Hall–Kier alpha value is -1.81. The van der Waals surface area contributed by atoms with Crippen molar-refractivity contribution < 1.29 is 4.79 Å². The number of pyridine rings is 1. The molecule has 1 atom stereocenters. The Bertz CT molecular complexity index is 596. The molecule has 0 aromatic carbocycles. The third kappa shape index (κ3) is 2.56. The van der Waals surface area contributed by atoms with E-state index in [9.17, 15) is 4.79 Å². The van der Waals surface area contributed by atoms with E-state index in [2.05, 4.69) is 9.97 Å². The van der Waals surface area contributed by atoms with Gasteiger partial charge in [0.15, 0.2) is 0 Å². The molecule has 0 saturated carbocycles. The second-order valence-electron chi connectivity index (χ2n) is 5.03. The lowest BCUT2D eigenvalue weighted by atomic mass is 9.96. The molecular weight excluding hydrogens is 274 g/mol. The monoisotopic (exact) mass is 289 g/mol. The second kappa shape index (κ2) is 5.67. The van der Waals surface area contributed by atoms with Crippen LogP contribution >= 0.6 is 11.6 Å². The van der Waals surface area contributed by atoms with Gasteiger partial charge in [0.2, 0.25) is 0 Å². The van der Waals surface area contributed by atoms with Crippen molar-refractivity contribution in [2.24, 2.45) is 0 Å². The molecule has 3 rings (SSSR count). The molecule has 1 fully saturated rings. The second-order valence-corrected chi connectivity index (χ2v) is 5.46. The van der Waals surface area contributed by atoms with E-state index in [0.29, 0.717) is 10.7 Å². The number of piperidine rings is 1. The summed E-state index contributed by atoms with van der Waals surface area (Å²) in [7, 11) is 0. The number of hydrogen-bond acceptors (Lipinski definition) is 2. The normalized spacial score (nSPS) is 19.1. The van der Waals surface area contributed by atoms with Gasteiger partial charge in [-0.25, -0.2) is 0 Å². The van der Waals surface area contributed by atoms with Gasteiger partial charge < -0.3 is 9.88 Å². The predicted molar refractivity (Wildman–Crippen MR) is 77.7 cm³/mol. The van der Waals surface area contributed by atoms with Gasteiger partial charge in [-0.3, -0.25) is 9.78 Å². The van der Waals surface area contributed by atoms with Crippen molar-refractivity contribution in [2.45, 2.75) is 25.3 Å². The number of carbonyl (C=O) groups is 1. The maximum absolute atomic E-state index is 12.6. The van der Waals surface area contributed by atoms with Crippen molar-refractivity contribution in [3.63, 3.8) is 0 Å². The van der Waals surface area contributed by atoms with Crippen LogP contribution in [0, 0.1) is 0 Å². The topological polar surface area (TPSA) is 49.0 Å². The molecule has 4 nitrogen and oxygen atoms in total. The number of hydrogen-bond donors (Lipinski definition) is 1. The van der Waals surface area contributed by atoms with Crippen LogP contribution in [-0.4, -0.2) is 27.3 Å². The minimum absolute atomic E-state index is 0.00505. The zero-order valence-corrected chi connectivity index (χ0v) is 11.8. The number of halogens is 1. The van der Waals surface area contributed by atoms with E-state index < -0.39 is 0 Å². The summed E-state index contributed by atoms with van der Waals surface area (Å²) >= 11 is 5.88. The number of rotatable bonds is 2. The van der Waals surface area contributed by atoms with Gasteiger partial charge in [-0.05, 0) is 37.0 Å². The van der Waals surface area contributed by atoms with E-state index in [1.807, 2.05) is 23.2 Å². The lowest BCUT2D eigenvalue weighted by Crippen LogP contribution is -2.38. The number of aromatic nitrogens is 2. The molecular formula is C15H16ClN3O. The molecule has 1 saturated heterocycles. The molecule has 5 heteroatoms. The molecule has 0 radical (unpaired) electrons. The molecule has 1 aliphatic heterocycles. The van der Waals surface area contributed by atoms with Crippen LogP contribution in [0.25, 0.3) is 0 Å². The van der Waals surface area contributed by atoms with E-state index in [4.69, 9.17) is 11.6 Å². The standard InChI is InChI=1S/C15H16ClN3O/c16-12-8-13(18-10-12)15(20)19-7-2-1-5-14(19)11-4-3-6-17-9-11/h3-4,6,8-10,14,18H,1-2,5,7H2/t14-/m0/s1. The van der Waals surface area contributed by atoms with Gasteiger partial charge in [0.05, 0.1) is 11.1 Å². The van der Waals surface area contributed by atoms with Crippen molar-refractivity contribution >= 4 is 17.5 Å². The smallest absolute Gasteiger partial charge is 0.270 e. The maximum atomic E-state index is 12.6. The van der Waals surface area contributed by atoms with Crippen molar-refractivity contribution in [1.82, 2.24) is 14.9 Å². The van der Waals surface area contributed by atoms with Gasteiger partial charge in [-0.1, -0.05) is 17.7 Å². The molecule has 1 amide bonds. The highest BCUT2D eigenvalue weighted by atomic mass is 35.5. The SMILES string of the molecule is O=C(c1cc(Cl)c[nH]1)N1CCCC[C@H]1c1cccnc1. The van der Waals surface area contributed by atoms with Crippen LogP contribution in [0.1, 0.15) is 41.4 Å². The van der Waals surface area contributed by atoms with Crippen LogP contribution in [0.5, 0.6) is 0 Å². The Balaban J connectivity index is 1.87. The van der Waals surface area contributed by atoms with Crippen LogP contribution in [0.15, 0.2) is 36.8 Å². The Morgan fingerprint density at radius 1 is 1.45 bits per heavy atom. The number of nitrogens with one attached hydrogen (secondary N) is 1. The Kier molecular flexibility index (Phi) is 3.74. The first kappa shape index (κ1) is 13.2. The van der Waals surface area contributed by atoms with Gasteiger partial charge in [0.1, 0.15) is 5.69 Å². The molecule has 0 spiro atoms. The Morgan fingerprint density at radius 2 is 2.35 bits per heavy atom. The van der Waals surface area contributed by atoms with E-state index in [1.165, 1.54) is 0 Å². The molecule has 104 valence electrons. The van der Waals surface area contributed by atoms with Crippen molar-refractivity contribution in [3.8, 4) is 0 Å². The van der Waals surface area contributed by atoms with Gasteiger partial charge in [0, 0.05) is 25.1 Å². The summed E-state index contributed by atoms with van der Waals surface area (Å²) in [5.74, 6) is 0.00505. The molecule has 2 aromatic rings. The minimum Gasteiger partial charge on any atom is -0.356 e. The number of likely N-dealkylation sites (tertiary alicyclic amines) is 1. The van der Waals surface area contributed by atoms with E-state index in [-0.39, 0.29) is 11.9 Å². The van der Waals surface area contributed by atoms with Crippen molar-refractivity contribution in [3.05, 3.63) is 53.1 Å². The highest BCUT2D eigenvalue weighted by Crippen LogP contribution is 2.31. The first-order valence-corrected chi connectivity index (χ1v) is 7.18. The van der Waals surface area contributed by atoms with E-state index in [1.54, 1.807) is 18.5 Å². The summed E-state index contributed by atoms with van der Waals surface area (Å²) < 4.78 is 0. The van der Waals surface area contributed by atoms with Crippen molar-refractivity contribution in [2.75, 3.05) is 6.54 Å². The summed E-state index contributed by atoms with van der Waals surface area (Å²) in [6, 6.07) is 5.73. The first-order chi connectivity index (χ1) is 9.75. The zero-order chi connectivity index (χ0) is 13.9. The third-order valence-electron chi connectivity index (χ3n) is 3.71. The number of H-pyrrole nitrogens is 1. The fourth-order valence-corrected chi connectivity index (χ4v) is 2.90. The quantitative estimate of drug-likeness (QED) is 0.921. The van der Waals surface area contributed by atoms with Gasteiger partial charge in [-0.15, -0.1) is 0 Å². The summed E-state index contributed by atoms with van der Waals surface area (Å²) in [5, 5.41) is 0.559. The predicted octanol–water partition coefficient (Wildman–Crippen LogP) is 3.43. The lowest BCUT2D eigenvalue weighted by Gasteiger charge is -2.35. The summed E-state index contributed by atoms with van der Waals surface area (Å²) in [6.07, 6.45) is 8.39. The van der Waals surface area contributed by atoms with Crippen LogP contribution < -0.4 is 0 Å². The average Bonchev–Trinajstić information content (AvgIpc) is 2.94. The van der Waals surface area contributed by atoms with E-state index in [0.717, 1.165) is 31.4 Å². The van der Waals surface area contributed by atoms with E-state index >= 15 is 0 Å². The molecule has 2 aromatic heterocycles. The molecule has 3 heterocycles. The number of aromatic amines is 1. The molecule has 0 bridgehead atoms. The largest absolute Gasteiger partial charge is 0.356 e. The maximum Gasteiger partial charge on any atom is 0.270 e. The van der Waals surface area contributed by atoms with Gasteiger partial charge >= 0.3 is 0 Å². The highest BCUT2D eigenvalue weighted by molar-refractivity contribution is 6.30. The van der Waals surface area contributed by atoms with Crippen molar-refractivity contribution in [1.29, 1.82) is 0 Å². The highest BCUT2D eigenvalue weighted by Gasteiger charge is 2.29. The van der Waals surface area contributed by atoms with Gasteiger partial charge in [-0.2, -0.15) is 0 Å². The molecule has 20 heavy (non-hydrogen) atoms. The molecule has 0 aliphatic carbocycles. The fourth-order valence-electron chi connectivity index (χ4n) is 2.74. The number of nitrogens with zero attached hydrogens (tertiary/aromatic N) is 2. The number of amides is 1. The fraction of sp³-hybridized carbons (Fsp3) is 0.333. The summed E-state index contributed by atoms with van der Waals surface area (Å²) in [5.41, 5.74) is 1.64. The van der Waals surface area contributed by atoms with Crippen LogP contribution in [-0.2, 0) is 0 Å². The molecule has 0 unspecified atom stereocenters. The number of carbonyl (C=O) groups excluding carboxylic acids is 1. The molecule has 1 N–H and O–H groups in total. The first-order valence-electron chi connectivity index (χ1n) is 6.80. The zero-order valence-electron chi connectivity index (χ0n) is 11.1. The summed E-state index contributed by atoms with van der Waals surface area (Å²) in [4.78, 5) is 21.6.